The summed E-state index contributed by atoms with van der Waals surface area (Å²) in [6.07, 6.45) is 0. The fourth-order valence-electron chi connectivity index (χ4n) is 10.5. The van der Waals surface area contributed by atoms with Gasteiger partial charge in [-0.05, 0) is 133 Å². The lowest BCUT2D eigenvalue weighted by Crippen LogP contribution is -2.14. The molecular formula is C63H43NOS. The molecule has 312 valence electrons. The molecule has 0 aliphatic heterocycles. The van der Waals surface area contributed by atoms with Crippen molar-refractivity contribution < 1.29 is 4.42 Å². The zero-order chi connectivity index (χ0) is 43.9. The van der Waals surface area contributed by atoms with Crippen molar-refractivity contribution in [2.45, 2.75) is 19.3 Å². The van der Waals surface area contributed by atoms with Gasteiger partial charge in [0, 0.05) is 53.4 Å². The summed E-state index contributed by atoms with van der Waals surface area (Å²) < 4.78 is 8.90. The topological polar surface area (TPSA) is 16.4 Å². The summed E-state index contributed by atoms with van der Waals surface area (Å²) in [6.45, 7) is 4.67. The Bertz CT molecular complexity index is 3820. The van der Waals surface area contributed by atoms with Gasteiger partial charge in [0.15, 0.2) is 0 Å². The molecule has 0 radical (unpaired) electrons. The van der Waals surface area contributed by atoms with Crippen LogP contribution in [0.5, 0.6) is 0 Å². The van der Waals surface area contributed by atoms with Crippen molar-refractivity contribution in [3.8, 4) is 55.6 Å². The van der Waals surface area contributed by atoms with Gasteiger partial charge >= 0.3 is 0 Å². The summed E-state index contributed by atoms with van der Waals surface area (Å²) >= 11 is 1.86. The third kappa shape index (κ3) is 6.23. The van der Waals surface area contributed by atoms with Gasteiger partial charge in [0.25, 0.3) is 0 Å². The van der Waals surface area contributed by atoms with E-state index in [9.17, 15) is 0 Å². The average Bonchev–Trinajstić information content (AvgIpc) is 4.02. The molecule has 0 saturated carbocycles. The molecule has 13 rings (SSSR count). The minimum Gasteiger partial charge on any atom is -0.456 e. The molecule has 0 saturated heterocycles. The van der Waals surface area contributed by atoms with E-state index in [1.165, 1.54) is 75.8 Å². The lowest BCUT2D eigenvalue weighted by atomic mass is 9.82. The van der Waals surface area contributed by atoms with Crippen molar-refractivity contribution in [3.05, 3.63) is 236 Å². The Morgan fingerprint density at radius 2 is 0.833 bits per heavy atom. The maximum atomic E-state index is 6.26. The smallest absolute Gasteiger partial charge is 0.136 e. The Morgan fingerprint density at radius 1 is 0.348 bits per heavy atom. The number of thiophene rings is 1. The van der Waals surface area contributed by atoms with Gasteiger partial charge in [-0.2, -0.15) is 0 Å². The fourth-order valence-corrected chi connectivity index (χ4v) is 11.7. The number of benzene rings is 10. The van der Waals surface area contributed by atoms with E-state index in [0.717, 1.165) is 50.1 Å². The van der Waals surface area contributed by atoms with Crippen molar-refractivity contribution in [1.82, 2.24) is 0 Å². The molecule has 0 bridgehead atoms. The van der Waals surface area contributed by atoms with E-state index < -0.39 is 0 Å². The van der Waals surface area contributed by atoms with Crippen LogP contribution in [0.25, 0.3) is 97.7 Å². The third-order valence-corrected chi connectivity index (χ3v) is 15.1. The van der Waals surface area contributed by atoms with Gasteiger partial charge in [0.1, 0.15) is 11.2 Å². The molecule has 1 aliphatic carbocycles. The van der Waals surface area contributed by atoms with Crippen LogP contribution in [0, 0.1) is 0 Å². The van der Waals surface area contributed by atoms with Gasteiger partial charge in [-0.25, -0.2) is 0 Å². The van der Waals surface area contributed by atoms with Crippen molar-refractivity contribution >= 4 is 70.5 Å². The van der Waals surface area contributed by atoms with Crippen LogP contribution in [0.4, 0.5) is 17.1 Å². The van der Waals surface area contributed by atoms with Gasteiger partial charge in [-0.15, -0.1) is 11.3 Å². The molecule has 2 heterocycles. The molecule has 10 aromatic carbocycles. The molecular weight excluding hydrogens is 819 g/mol. The van der Waals surface area contributed by atoms with E-state index in [0.29, 0.717) is 0 Å². The first-order valence-corrected chi connectivity index (χ1v) is 23.5. The van der Waals surface area contributed by atoms with E-state index in [4.69, 9.17) is 4.42 Å². The number of furan rings is 1. The van der Waals surface area contributed by atoms with Crippen LogP contribution in [-0.4, -0.2) is 0 Å². The molecule has 12 aromatic rings. The molecule has 1 aliphatic rings. The second kappa shape index (κ2) is 15.1. The minimum absolute atomic E-state index is 0.00422. The first kappa shape index (κ1) is 38.5. The summed E-state index contributed by atoms with van der Waals surface area (Å²) in [7, 11) is 0. The third-order valence-electron chi connectivity index (χ3n) is 13.9. The lowest BCUT2D eigenvalue weighted by molar-refractivity contribution is 0.660. The zero-order valence-corrected chi connectivity index (χ0v) is 37.4. The molecule has 0 N–H and O–H groups in total. The molecule has 2 aromatic heterocycles. The predicted octanol–water partition coefficient (Wildman–Crippen LogP) is 18.4. The van der Waals surface area contributed by atoms with Gasteiger partial charge in [-0.3, -0.25) is 0 Å². The van der Waals surface area contributed by atoms with Crippen LogP contribution in [0.2, 0.25) is 0 Å². The SMILES string of the molecule is CC1(C)c2ccccc2-c2cc(-c3ccc(-c4ccc(N(c5ccc(-c6ccc7c(c6)sc6ccccc67)cc5)c5ccc(-c6cccc7oc8ccccc8c67)cc5)cc4)cc3)ccc21. The highest BCUT2D eigenvalue weighted by atomic mass is 32.1. The highest BCUT2D eigenvalue weighted by molar-refractivity contribution is 7.25. The number of para-hydroxylation sites is 1. The van der Waals surface area contributed by atoms with Crippen LogP contribution >= 0.6 is 11.3 Å². The van der Waals surface area contributed by atoms with Crippen LogP contribution < -0.4 is 4.90 Å². The van der Waals surface area contributed by atoms with Gasteiger partial charge < -0.3 is 9.32 Å². The fraction of sp³-hybridized carbons (Fsp3) is 0.0476. The Labute approximate surface area is 388 Å². The molecule has 0 unspecified atom stereocenters. The molecule has 0 amide bonds. The number of rotatable bonds is 7. The van der Waals surface area contributed by atoms with Crippen molar-refractivity contribution in [1.29, 1.82) is 0 Å². The highest BCUT2D eigenvalue weighted by Gasteiger charge is 2.35. The van der Waals surface area contributed by atoms with Gasteiger partial charge in [0.05, 0.1) is 0 Å². The van der Waals surface area contributed by atoms with Crippen LogP contribution in [0.1, 0.15) is 25.0 Å². The summed E-state index contributed by atoms with van der Waals surface area (Å²) in [5, 5.41) is 4.92. The first-order chi connectivity index (χ1) is 32.4. The van der Waals surface area contributed by atoms with Crippen molar-refractivity contribution in [3.63, 3.8) is 0 Å². The maximum Gasteiger partial charge on any atom is 0.136 e. The number of anilines is 3. The molecule has 3 heteroatoms. The Hall–Kier alpha value is -7.98. The molecule has 2 nitrogen and oxygen atoms in total. The Kier molecular flexibility index (Phi) is 8.78. The summed E-state index contributed by atoms with van der Waals surface area (Å²) in [6, 6.07) is 82.1. The monoisotopic (exact) mass is 861 g/mol. The maximum absolute atomic E-state index is 6.26. The average molecular weight is 862 g/mol. The Morgan fingerprint density at radius 3 is 1.55 bits per heavy atom. The van der Waals surface area contributed by atoms with Gasteiger partial charge in [0.2, 0.25) is 0 Å². The van der Waals surface area contributed by atoms with E-state index in [-0.39, 0.29) is 5.41 Å². The lowest BCUT2D eigenvalue weighted by Gasteiger charge is -2.26. The zero-order valence-electron chi connectivity index (χ0n) is 36.6. The molecule has 0 spiro atoms. The van der Waals surface area contributed by atoms with E-state index >= 15 is 0 Å². The van der Waals surface area contributed by atoms with Crippen molar-refractivity contribution in [2.75, 3.05) is 4.90 Å². The van der Waals surface area contributed by atoms with Crippen molar-refractivity contribution in [2.24, 2.45) is 0 Å². The molecule has 0 fully saturated rings. The number of fused-ring (bicyclic) bond motifs is 9. The summed E-state index contributed by atoms with van der Waals surface area (Å²) in [5.41, 5.74) is 20.1. The largest absolute Gasteiger partial charge is 0.456 e. The normalized spacial score (nSPS) is 12.8. The molecule has 0 atom stereocenters. The van der Waals surface area contributed by atoms with E-state index in [1.807, 2.05) is 23.5 Å². The summed E-state index contributed by atoms with van der Waals surface area (Å²) in [4.78, 5) is 2.36. The number of hydrogen-bond acceptors (Lipinski definition) is 3. The second-order valence-corrected chi connectivity index (χ2v) is 19.2. The number of hydrogen-bond donors (Lipinski definition) is 0. The Balaban J connectivity index is 0.839. The van der Waals surface area contributed by atoms with Crippen LogP contribution in [-0.2, 0) is 5.41 Å². The minimum atomic E-state index is 0.00422. The number of nitrogens with zero attached hydrogens (tertiary/aromatic N) is 1. The summed E-state index contributed by atoms with van der Waals surface area (Å²) in [5.74, 6) is 0. The van der Waals surface area contributed by atoms with Gasteiger partial charge in [-0.1, -0.05) is 172 Å². The quantitative estimate of drug-likeness (QED) is 0.159. The standard InChI is InChI=1S/C63H43NOS/c1-63(2)56-14-6-3-10-51(56)55-38-45(29-37-57(55)63)42-20-18-40(19-21-42)41-22-30-47(31-23-41)64(48-32-24-43(25-33-48)46-28-36-53-52-11-5-8-17-60(52)66-61(53)39-46)49-34-26-44(27-35-49)50-13-9-16-59-62(50)54-12-4-7-15-58(54)65-59/h3-39H,1-2H3. The second-order valence-electron chi connectivity index (χ2n) is 18.1. The van der Waals surface area contributed by atoms with Crippen LogP contribution in [0.3, 0.4) is 0 Å². The highest BCUT2D eigenvalue weighted by Crippen LogP contribution is 2.50. The van der Waals surface area contributed by atoms with Crippen LogP contribution in [0.15, 0.2) is 229 Å². The van der Waals surface area contributed by atoms with E-state index in [2.05, 4.69) is 231 Å². The molecule has 66 heavy (non-hydrogen) atoms. The van der Waals surface area contributed by atoms with E-state index in [1.54, 1.807) is 0 Å². The predicted molar refractivity (Wildman–Crippen MR) is 281 cm³/mol. The first-order valence-electron chi connectivity index (χ1n) is 22.7.